The van der Waals surface area contributed by atoms with Crippen LogP contribution in [0.2, 0.25) is 0 Å². The fourth-order valence-corrected chi connectivity index (χ4v) is 1.24. The summed E-state index contributed by atoms with van der Waals surface area (Å²) in [7, 11) is 0. The molecule has 0 spiro atoms. The van der Waals surface area contributed by atoms with Crippen LogP contribution in [0.25, 0.3) is 0 Å². The number of aliphatic imine (C=N–C) groups is 1. The third kappa shape index (κ3) is 1.63. The molecule has 0 aromatic carbocycles. The molecule has 0 N–H and O–H groups in total. The predicted molar refractivity (Wildman–Crippen MR) is 48.9 cm³/mol. The molecule has 2 heteroatoms. The minimum absolute atomic E-state index is 0.810. The summed E-state index contributed by atoms with van der Waals surface area (Å²) in [6, 6.07) is 0. The fraction of sp³-hybridized carbons (Fsp3) is 0.625. The van der Waals surface area contributed by atoms with Gasteiger partial charge in [-0.25, -0.2) is 0 Å². The van der Waals surface area contributed by atoms with Crippen molar-refractivity contribution in [2.24, 2.45) is 4.99 Å². The van der Waals surface area contributed by atoms with Gasteiger partial charge < -0.3 is 0 Å². The van der Waals surface area contributed by atoms with Gasteiger partial charge in [0, 0.05) is 17.2 Å². The molecule has 1 aliphatic rings. The van der Waals surface area contributed by atoms with Gasteiger partial charge >= 0.3 is 0 Å². The van der Waals surface area contributed by atoms with Crippen molar-refractivity contribution >= 4 is 18.3 Å². The Bertz CT molecular complexity index is 191. The normalized spacial score (nSPS) is 19.3. The van der Waals surface area contributed by atoms with Crippen molar-refractivity contribution in [2.45, 2.75) is 26.7 Å². The maximum atomic E-state index is 4.40. The molecule has 0 atom stereocenters. The van der Waals surface area contributed by atoms with Crippen molar-refractivity contribution in [3.8, 4) is 0 Å². The molecule has 1 heterocycles. The second-order valence-corrected chi connectivity index (χ2v) is 3.02. The molecule has 0 aromatic rings. The van der Waals surface area contributed by atoms with Gasteiger partial charge in [-0.1, -0.05) is 5.57 Å². The van der Waals surface area contributed by atoms with Gasteiger partial charge in [-0.3, -0.25) is 4.99 Å². The molecule has 0 aliphatic carbocycles. The van der Waals surface area contributed by atoms with Gasteiger partial charge in [0.1, 0.15) is 0 Å². The molecule has 0 fully saturated rings. The number of hydrogen-bond acceptors (Lipinski definition) is 2. The van der Waals surface area contributed by atoms with E-state index in [1.807, 2.05) is 0 Å². The zero-order chi connectivity index (χ0) is 7.56. The highest BCUT2D eigenvalue weighted by Crippen LogP contribution is 2.18. The highest BCUT2D eigenvalue weighted by molar-refractivity contribution is 7.81. The maximum Gasteiger partial charge on any atom is 0.0361 e. The molecule has 0 saturated carbocycles. The van der Waals surface area contributed by atoms with Gasteiger partial charge in [0.25, 0.3) is 0 Å². The summed E-state index contributed by atoms with van der Waals surface area (Å²) in [5, 5.41) is 0. The van der Waals surface area contributed by atoms with E-state index in [1.165, 1.54) is 23.4 Å². The molecule has 0 saturated heterocycles. The van der Waals surface area contributed by atoms with E-state index in [0.29, 0.717) is 0 Å². The minimum Gasteiger partial charge on any atom is -0.262 e. The summed E-state index contributed by atoms with van der Waals surface area (Å²) in [5.74, 6) is 0.810. The Morgan fingerprint density at radius 1 is 1.40 bits per heavy atom. The van der Waals surface area contributed by atoms with E-state index in [-0.39, 0.29) is 0 Å². The van der Waals surface area contributed by atoms with Crippen LogP contribution in [0.15, 0.2) is 16.3 Å². The summed E-state index contributed by atoms with van der Waals surface area (Å²) in [4.78, 5) is 4.40. The van der Waals surface area contributed by atoms with Crippen LogP contribution >= 0.6 is 12.6 Å². The van der Waals surface area contributed by atoms with Gasteiger partial charge in [0.05, 0.1) is 0 Å². The van der Waals surface area contributed by atoms with E-state index in [4.69, 9.17) is 0 Å². The van der Waals surface area contributed by atoms with Crippen molar-refractivity contribution in [2.75, 3.05) is 5.75 Å². The Labute approximate surface area is 67.6 Å². The SMILES string of the molecule is CC1=C(C)N=C(CS)CC1. The van der Waals surface area contributed by atoms with Crippen molar-refractivity contribution in [3.63, 3.8) is 0 Å². The Morgan fingerprint density at radius 3 is 2.60 bits per heavy atom. The van der Waals surface area contributed by atoms with E-state index in [2.05, 4.69) is 31.5 Å². The van der Waals surface area contributed by atoms with Gasteiger partial charge in [-0.15, -0.1) is 0 Å². The van der Waals surface area contributed by atoms with Crippen LogP contribution in [0, 0.1) is 0 Å². The first kappa shape index (κ1) is 7.86. The first-order valence-electron chi connectivity index (χ1n) is 3.57. The van der Waals surface area contributed by atoms with Crippen LogP contribution < -0.4 is 0 Å². The molecule has 1 aliphatic heterocycles. The zero-order valence-electron chi connectivity index (χ0n) is 6.52. The average molecular weight is 155 g/mol. The highest BCUT2D eigenvalue weighted by atomic mass is 32.1. The summed E-state index contributed by atoms with van der Waals surface area (Å²) in [6.07, 6.45) is 2.28. The van der Waals surface area contributed by atoms with Crippen LogP contribution in [-0.4, -0.2) is 11.5 Å². The summed E-state index contributed by atoms with van der Waals surface area (Å²) in [6.45, 7) is 4.21. The molecule has 1 rings (SSSR count). The molecular weight excluding hydrogens is 142 g/mol. The lowest BCUT2D eigenvalue weighted by Crippen LogP contribution is -2.05. The van der Waals surface area contributed by atoms with Crippen molar-refractivity contribution < 1.29 is 0 Å². The van der Waals surface area contributed by atoms with Crippen molar-refractivity contribution in [1.82, 2.24) is 0 Å². The van der Waals surface area contributed by atoms with Crippen LogP contribution in [0.5, 0.6) is 0 Å². The van der Waals surface area contributed by atoms with Crippen LogP contribution in [-0.2, 0) is 0 Å². The highest BCUT2D eigenvalue weighted by Gasteiger charge is 2.06. The molecule has 10 heavy (non-hydrogen) atoms. The number of hydrogen-bond donors (Lipinski definition) is 1. The lowest BCUT2D eigenvalue weighted by atomic mass is 10.0. The quantitative estimate of drug-likeness (QED) is 0.558. The van der Waals surface area contributed by atoms with E-state index in [0.717, 1.165) is 12.2 Å². The van der Waals surface area contributed by atoms with Gasteiger partial charge in [-0.2, -0.15) is 12.6 Å². The van der Waals surface area contributed by atoms with Gasteiger partial charge in [-0.05, 0) is 26.7 Å². The number of nitrogens with zero attached hydrogens (tertiary/aromatic N) is 1. The predicted octanol–water partition coefficient (Wildman–Crippen LogP) is 2.44. The summed E-state index contributed by atoms with van der Waals surface area (Å²) < 4.78 is 0. The minimum atomic E-state index is 0.810. The van der Waals surface area contributed by atoms with E-state index in [9.17, 15) is 0 Å². The lowest BCUT2D eigenvalue weighted by Gasteiger charge is -2.12. The molecule has 56 valence electrons. The molecule has 0 aromatic heterocycles. The third-order valence-electron chi connectivity index (χ3n) is 1.91. The molecular formula is C8H13NS. The first-order chi connectivity index (χ1) is 4.74. The number of allylic oxidation sites excluding steroid dienone is 2. The second kappa shape index (κ2) is 3.24. The maximum absolute atomic E-state index is 4.40. The Kier molecular flexibility index (Phi) is 2.55. The summed E-state index contributed by atoms with van der Waals surface area (Å²) >= 11 is 4.18. The largest absolute Gasteiger partial charge is 0.262 e. The third-order valence-corrected chi connectivity index (χ3v) is 2.28. The Hall–Kier alpha value is -0.240. The Morgan fingerprint density at radius 2 is 2.10 bits per heavy atom. The zero-order valence-corrected chi connectivity index (χ0v) is 7.41. The smallest absolute Gasteiger partial charge is 0.0361 e. The lowest BCUT2D eigenvalue weighted by molar-refractivity contribution is 0.935. The van der Waals surface area contributed by atoms with Crippen LogP contribution in [0.1, 0.15) is 26.7 Å². The molecule has 0 amide bonds. The van der Waals surface area contributed by atoms with E-state index >= 15 is 0 Å². The van der Waals surface area contributed by atoms with E-state index in [1.54, 1.807) is 0 Å². The molecule has 0 radical (unpaired) electrons. The molecule has 0 bridgehead atoms. The van der Waals surface area contributed by atoms with Crippen LogP contribution in [0.4, 0.5) is 0 Å². The number of thiol groups is 1. The summed E-state index contributed by atoms with van der Waals surface area (Å²) in [5.41, 5.74) is 3.84. The first-order valence-corrected chi connectivity index (χ1v) is 4.21. The second-order valence-electron chi connectivity index (χ2n) is 2.70. The monoisotopic (exact) mass is 155 g/mol. The van der Waals surface area contributed by atoms with Crippen LogP contribution in [0.3, 0.4) is 0 Å². The Balaban J connectivity index is 2.76. The number of rotatable bonds is 1. The van der Waals surface area contributed by atoms with Crippen molar-refractivity contribution in [3.05, 3.63) is 11.3 Å². The topological polar surface area (TPSA) is 12.4 Å². The van der Waals surface area contributed by atoms with E-state index < -0.39 is 0 Å². The fourth-order valence-electron chi connectivity index (χ4n) is 1.02. The van der Waals surface area contributed by atoms with Gasteiger partial charge in [0.15, 0.2) is 0 Å². The average Bonchev–Trinajstić information content (AvgIpc) is 1.95. The molecule has 0 unspecified atom stereocenters. The standard InChI is InChI=1S/C8H13NS/c1-6-3-4-8(5-10)9-7(6)2/h10H,3-5H2,1-2H3. The molecule has 1 nitrogen and oxygen atoms in total. The van der Waals surface area contributed by atoms with Crippen molar-refractivity contribution in [1.29, 1.82) is 0 Å². The van der Waals surface area contributed by atoms with Gasteiger partial charge in [0.2, 0.25) is 0 Å².